The second-order valence-electron chi connectivity index (χ2n) is 3.53. The van der Waals surface area contributed by atoms with Crippen molar-refractivity contribution < 1.29 is 9.59 Å². The molecule has 3 nitrogen and oxygen atoms in total. The highest BCUT2D eigenvalue weighted by Crippen LogP contribution is 2.09. The lowest BCUT2D eigenvalue weighted by molar-refractivity contribution is 0.111. The maximum absolute atomic E-state index is 10.2. The predicted molar refractivity (Wildman–Crippen MR) is 76.1 cm³/mol. The van der Waals surface area contributed by atoms with Crippen LogP contribution in [0.5, 0.6) is 0 Å². The van der Waals surface area contributed by atoms with Crippen molar-refractivity contribution >= 4 is 28.5 Å². The second kappa shape index (κ2) is 7.96. The first kappa shape index (κ1) is 14.8. The summed E-state index contributed by atoms with van der Waals surface area (Å²) in [4.78, 5) is 20.3. The van der Waals surface area contributed by atoms with Crippen LogP contribution in [0.4, 0.5) is 0 Å². The molecule has 0 aromatic heterocycles. The van der Waals surface area contributed by atoms with E-state index in [-0.39, 0.29) is 0 Å². The summed E-state index contributed by atoms with van der Waals surface area (Å²) in [5.41, 5.74) is 1.76. The van der Waals surface area contributed by atoms with Crippen LogP contribution in [-0.4, -0.2) is 12.6 Å². The van der Waals surface area contributed by atoms with Crippen LogP contribution in [0.1, 0.15) is 26.3 Å². The van der Waals surface area contributed by atoms with Crippen LogP contribution in [0.3, 0.4) is 0 Å². The van der Waals surface area contributed by atoms with Crippen molar-refractivity contribution in [2.75, 3.05) is 0 Å². The number of nitriles is 1. The minimum atomic E-state index is 0.518. The summed E-state index contributed by atoms with van der Waals surface area (Å²) >= 11 is 3.24. The second-order valence-corrected chi connectivity index (χ2v) is 4.44. The Balaban J connectivity index is 0.000000191. The first-order chi connectivity index (χ1) is 9.19. The van der Waals surface area contributed by atoms with E-state index in [2.05, 4.69) is 15.9 Å². The standard InChI is InChI=1S/C8H5NO.C7H5BrO/c9-5-7-2-1-3-8(4-7)6-10;8-7-3-1-2-6(4-7)5-9/h1-4,6H;1-5H. The number of hydrogen-bond donors (Lipinski definition) is 0. The highest BCUT2D eigenvalue weighted by atomic mass is 79.9. The fourth-order valence-corrected chi connectivity index (χ4v) is 1.68. The highest BCUT2D eigenvalue weighted by Gasteiger charge is 1.90. The summed E-state index contributed by atoms with van der Waals surface area (Å²) in [7, 11) is 0. The Morgan fingerprint density at radius 2 is 1.53 bits per heavy atom. The van der Waals surface area contributed by atoms with Gasteiger partial charge in [0.2, 0.25) is 0 Å². The first-order valence-corrected chi connectivity index (χ1v) is 6.15. The molecule has 2 aromatic rings. The molecule has 19 heavy (non-hydrogen) atoms. The van der Waals surface area contributed by atoms with Gasteiger partial charge in [-0.1, -0.05) is 40.2 Å². The lowest BCUT2D eigenvalue weighted by Crippen LogP contribution is -1.79. The Kier molecular flexibility index (Phi) is 6.20. The van der Waals surface area contributed by atoms with Gasteiger partial charge in [-0.05, 0) is 24.3 Å². The zero-order valence-corrected chi connectivity index (χ0v) is 11.5. The molecule has 0 saturated heterocycles. The molecule has 0 bridgehead atoms. The van der Waals surface area contributed by atoms with Crippen molar-refractivity contribution in [3.05, 3.63) is 69.7 Å². The Labute approximate surface area is 119 Å². The molecule has 0 unspecified atom stereocenters. The lowest BCUT2D eigenvalue weighted by Gasteiger charge is -1.88. The van der Waals surface area contributed by atoms with Crippen molar-refractivity contribution in [3.63, 3.8) is 0 Å². The van der Waals surface area contributed by atoms with Crippen LogP contribution in [0.15, 0.2) is 53.0 Å². The monoisotopic (exact) mass is 315 g/mol. The molecule has 0 fully saturated rings. The van der Waals surface area contributed by atoms with Crippen LogP contribution in [0.25, 0.3) is 0 Å². The average Bonchev–Trinajstić information content (AvgIpc) is 2.48. The number of halogens is 1. The fourth-order valence-electron chi connectivity index (χ4n) is 1.26. The van der Waals surface area contributed by atoms with Gasteiger partial charge >= 0.3 is 0 Å². The Morgan fingerprint density at radius 3 is 2.00 bits per heavy atom. The number of hydrogen-bond acceptors (Lipinski definition) is 3. The summed E-state index contributed by atoms with van der Waals surface area (Å²) < 4.78 is 0.937. The molecule has 0 aliphatic carbocycles. The smallest absolute Gasteiger partial charge is 0.150 e. The van der Waals surface area contributed by atoms with E-state index < -0.39 is 0 Å². The van der Waals surface area contributed by atoms with Gasteiger partial charge < -0.3 is 0 Å². The maximum atomic E-state index is 10.2. The molecule has 0 radical (unpaired) electrons. The average molecular weight is 316 g/mol. The largest absolute Gasteiger partial charge is 0.298 e. The summed E-state index contributed by atoms with van der Waals surface area (Å²) in [5.74, 6) is 0. The molecule has 2 rings (SSSR count). The van der Waals surface area contributed by atoms with E-state index in [1.54, 1.807) is 36.4 Å². The fraction of sp³-hybridized carbons (Fsp3) is 0. The Hall–Kier alpha value is -2.25. The van der Waals surface area contributed by atoms with Crippen LogP contribution in [0.2, 0.25) is 0 Å². The third-order valence-corrected chi connectivity index (χ3v) is 2.63. The maximum Gasteiger partial charge on any atom is 0.150 e. The van der Waals surface area contributed by atoms with E-state index in [0.717, 1.165) is 17.0 Å². The van der Waals surface area contributed by atoms with Gasteiger partial charge in [0.15, 0.2) is 0 Å². The molecule has 2 aromatic carbocycles. The zero-order chi connectivity index (χ0) is 14.1. The normalized spacial score (nSPS) is 8.63. The quantitative estimate of drug-likeness (QED) is 0.795. The summed E-state index contributed by atoms with van der Waals surface area (Å²) in [5, 5.41) is 8.39. The number of carbonyl (C=O) groups excluding carboxylic acids is 2. The molecule has 4 heteroatoms. The molecule has 0 heterocycles. The topological polar surface area (TPSA) is 57.9 Å². The third-order valence-electron chi connectivity index (χ3n) is 2.14. The van der Waals surface area contributed by atoms with Gasteiger partial charge in [0.05, 0.1) is 11.6 Å². The van der Waals surface area contributed by atoms with Gasteiger partial charge in [-0.3, -0.25) is 9.59 Å². The summed E-state index contributed by atoms with van der Waals surface area (Å²) in [6.07, 6.45) is 1.55. The molecule has 0 spiro atoms. The van der Waals surface area contributed by atoms with E-state index in [0.29, 0.717) is 16.7 Å². The number of nitrogens with zero attached hydrogens (tertiary/aromatic N) is 1. The number of rotatable bonds is 2. The van der Waals surface area contributed by atoms with Crippen LogP contribution >= 0.6 is 15.9 Å². The van der Waals surface area contributed by atoms with Gasteiger partial charge in [-0.25, -0.2) is 0 Å². The molecule has 0 saturated carbocycles. The first-order valence-electron chi connectivity index (χ1n) is 5.35. The third kappa shape index (κ3) is 5.28. The molecule has 0 aliphatic heterocycles. The van der Waals surface area contributed by atoms with Gasteiger partial charge in [0.25, 0.3) is 0 Å². The van der Waals surface area contributed by atoms with Gasteiger partial charge in [0.1, 0.15) is 12.6 Å². The van der Waals surface area contributed by atoms with Crippen molar-refractivity contribution in [2.24, 2.45) is 0 Å². The van der Waals surface area contributed by atoms with Crippen molar-refractivity contribution in [1.82, 2.24) is 0 Å². The van der Waals surface area contributed by atoms with Crippen LogP contribution < -0.4 is 0 Å². The van der Waals surface area contributed by atoms with Gasteiger partial charge in [-0.2, -0.15) is 5.26 Å². The van der Waals surface area contributed by atoms with E-state index >= 15 is 0 Å². The predicted octanol–water partition coefficient (Wildman–Crippen LogP) is 3.63. The SMILES string of the molecule is N#Cc1cccc(C=O)c1.O=Cc1cccc(Br)c1. The van der Waals surface area contributed by atoms with Crippen molar-refractivity contribution in [2.45, 2.75) is 0 Å². The zero-order valence-electron chi connectivity index (χ0n) is 9.92. The Bertz CT molecular complexity index is 618. The number of carbonyl (C=O) groups is 2. The summed E-state index contributed by atoms with van der Waals surface area (Å²) in [6, 6.07) is 15.7. The molecule has 0 amide bonds. The van der Waals surface area contributed by atoms with Crippen LogP contribution in [0, 0.1) is 11.3 Å². The van der Waals surface area contributed by atoms with Gasteiger partial charge in [-0.15, -0.1) is 0 Å². The highest BCUT2D eigenvalue weighted by molar-refractivity contribution is 9.10. The van der Waals surface area contributed by atoms with E-state index in [1.807, 2.05) is 18.2 Å². The van der Waals surface area contributed by atoms with Crippen molar-refractivity contribution in [1.29, 1.82) is 5.26 Å². The number of aldehydes is 2. The Morgan fingerprint density at radius 1 is 0.947 bits per heavy atom. The van der Waals surface area contributed by atoms with Crippen molar-refractivity contribution in [3.8, 4) is 6.07 Å². The molecular formula is C15H10BrNO2. The number of benzene rings is 2. The molecule has 94 valence electrons. The summed E-state index contributed by atoms with van der Waals surface area (Å²) in [6.45, 7) is 0. The minimum absolute atomic E-state index is 0.518. The van der Waals surface area contributed by atoms with Gasteiger partial charge in [0, 0.05) is 15.6 Å². The lowest BCUT2D eigenvalue weighted by atomic mass is 10.2. The van der Waals surface area contributed by atoms with Crippen LogP contribution in [-0.2, 0) is 0 Å². The molecule has 0 atom stereocenters. The molecular weight excluding hydrogens is 306 g/mol. The molecule has 0 N–H and O–H groups in total. The van der Waals surface area contributed by atoms with E-state index in [4.69, 9.17) is 5.26 Å². The van der Waals surface area contributed by atoms with E-state index in [1.165, 1.54) is 0 Å². The molecule has 0 aliphatic rings. The minimum Gasteiger partial charge on any atom is -0.298 e. The van der Waals surface area contributed by atoms with E-state index in [9.17, 15) is 9.59 Å².